The summed E-state index contributed by atoms with van der Waals surface area (Å²) in [6.45, 7) is 8.08. The summed E-state index contributed by atoms with van der Waals surface area (Å²) in [4.78, 5) is 31.4. The number of ketones is 1. The average molecular weight is 516 g/mol. The number of aliphatic hydroxyl groups is 1. The molecule has 1 heterocycles. The molecule has 37 heavy (non-hydrogen) atoms. The highest BCUT2D eigenvalue weighted by Gasteiger charge is 2.74. The van der Waals surface area contributed by atoms with Crippen molar-refractivity contribution in [2.24, 2.45) is 45.6 Å². The summed E-state index contributed by atoms with van der Waals surface area (Å²) < 4.78 is 5.64. The van der Waals surface area contributed by atoms with Crippen molar-refractivity contribution in [2.45, 2.75) is 129 Å². The lowest BCUT2D eigenvalue weighted by atomic mass is 9.44. The molecule has 1 N–H and O–H groups in total. The van der Waals surface area contributed by atoms with E-state index in [1.165, 1.54) is 45.4 Å². The maximum atomic E-state index is 13.5. The van der Waals surface area contributed by atoms with Crippen molar-refractivity contribution in [3.8, 4) is 0 Å². The highest BCUT2D eigenvalue weighted by molar-refractivity contribution is 6.00. The van der Waals surface area contributed by atoms with Crippen LogP contribution in [-0.2, 0) is 19.2 Å². The predicted molar refractivity (Wildman–Crippen MR) is 143 cm³/mol. The Bertz CT molecular complexity index is 917. The minimum absolute atomic E-state index is 0.0114. The summed E-state index contributed by atoms with van der Waals surface area (Å²) in [5.74, 6) is 1.92. The fourth-order valence-corrected chi connectivity index (χ4v) is 10.1. The van der Waals surface area contributed by atoms with Crippen LogP contribution in [0.5, 0.6) is 0 Å². The molecule has 0 amide bonds. The van der Waals surface area contributed by atoms with Crippen LogP contribution in [0.1, 0.15) is 118 Å². The van der Waals surface area contributed by atoms with E-state index in [9.17, 15) is 14.7 Å². The molecule has 5 rings (SSSR count). The second-order valence-corrected chi connectivity index (χ2v) is 13.6. The number of Topliss-reactive ketones (excluding diaryl/α,β-unsaturated/α-hetero) is 1. The van der Waals surface area contributed by atoms with Crippen LogP contribution < -0.4 is 0 Å². The molecule has 0 spiro atoms. The van der Waals surface area contributed by atoms with Gasteiger partial charge in [0, 0.05) is 12.3 Å². The van der Waals surface area contributed by atoms with Gasteiger partial charge in [-0.3, -0.25) is 9.59 Å². The number of aliphatic hydroxyl groups excluding tert-OH is 1. The van der Waals surface area contributed by atoms with Crippen molar-refractivity contribution < 1.29 is 24.3 Å². The van der Waals surface area contributed by atoms with Crippen LogP contribution in [0.3, 0.4) is 0 Å². The minimum atomic E-state index is -0.985. The number of carbonyl (C=O) groups is 2. The van der Waals surface area contributed by atoms with E-state index >= 15 is 0 Å². The van der Waals surface area contributed by atoms with E-state index in [0.29, 0.717) is 23.7 Å². The van der Waals surface area contributed by atoms with Gasteiger partial charge < -0.3 is 14.7 Å². The molecule has 5 aliphatic rings. The van der Waals surface area contributed by atoms with E-state index in [1.54, 1.807) is 0 Å². The largest absolute Gasteiger partial charge is 0.463 e. The highest BCUT2D eigenvalue weighted by atomic mass is 16.7. The molecule has 0 aromatic heterocycles. The zero-order chi connectivity index (χ0) is 26.4. The van der Waals surface area contributed by atoms with E-state index in [2.05, 4.69) is 25.9 Å². The fourth-order valence-electron chi connectivity index (χ4n) is 10.1. The molecular formula is C31H49NO5. The standard InChI is InChI=1S/C31H49NO5/c1-5-6-7-8-9-10-27-26-18-25-23-12-11-21-17-22(36-20(2)34)13-15-29(21,3)24(23)14-16-30(25,4)31(26,37-32-27)28(35)19-33/h21-26,33H,5-19H2,1-4H3/t21-,22-,23?,24?,25?,26-,29-,30-,31-/m0/s1. The van der Waals surface area contributed by atoms with E-state index in [-0.39, 0.29) is 34.6 Å². The summed E-state index contributed by atoms with van der Waals surface area (Å²) in [7, 11) is 0. The molecule has 0 aromatic carbocycles. The lowest BCUT2D eigenvalue weighted by Crippen LogP contribution is -2.60. The number of hydrogen-bond acceptors (Lipinski definition) is 6. The number of carbonyl (C=O) groups excluding carboxylic acids is 2. The number of oxime groups is 1. The molecule has 0 bridgehead atoms. The maximum absolute atomic E-state index is 13.5. The Morgan fingerprint density at radius 3 is 2.54 bits per heavy atom. The Kier molecular flexibility index (Phi) is 7.54. The van der Waals surface area contributed by atoms with E-state index in [4.69, 9.17) is 9.57 Å². The highest BCUT2D eigenvalue weighted by Crippen LogP contribution is 2.71. The van der Waals surface area contributed by atoms with Crippen molar-refractivity contribution in [3.63, 3.8) is 0 Å². The maximum Gasteiger partial charge on any atom is 0.302 e. The number of unbranched alkanes of at least 4 members (excludes halogenated alkanes) is 4. The minimum Gasteiger partial charge on any atom is -0.463 e. The van der Waals surface area contributed by atoms with Gasteiger partial charge in [-0.2, -0.15) is 0 Å². The quantitative estimate of drug-likeness (QED) is 0.290. The second kappa shape index (κ2) is 10.3. The Labute approximate surface area is 223 Å². The third-order valence-electron chi connectivity index (χ3n) is 12.0. The van der Waals surface area contributed by atoms with E-state index in [1.807, 2.05) is 0 Å². The third-order valence-corrected chi connectivity index (χ3v) is 12.0. The van der Waals surface area contributed by atoms with Crippen molar-refractivity contribution in [2.75, 3.05) is 6.61 Å². The van der Waals surface area contributed by atoms with Gasteiger partial charge in [-0.05, 0) is 93.3 Å². The Morgan fingerprint density at radius 1 is 1.03 bits per heavy atom. The topological polar surface area (TPSA) is 85.2 Å². The first-order chi connectivity index (χ1) is 17.7. The van der Waals surface area contributed by atoms with Gasteiger partial charge in [0.1, 0.15) is 12.7 Å². The molecule has 4 aliphatic carbocycles. The first-order valence-electron chi connectivity index (χ1n) is 15.3. The molecule has 6 nitrogen and oxygen atoms in total. The van der Waals surface area contributed by atoms with Gasteiger partial charge in [-0.15, -0.1) is 0 Å². The number of hydrogen-bond donors (Lipinski definition) is 1. The zero-order valence-electron chi connectivity index (χ0n) is 23.6. The first kappa shape index (κ1) is 27.1. The van der Waals surface area contributed by atoms with Gasteiger partial charge in [0.15, 0.2) is 0 Å². The number of fused-ring (bicyclic) bond motifs is 7. The van der Waals surface area contributed by atoms with Crippen molar-refractivity contribution in [1.82, 2.24) is 0 Å². The van der Waals surface area contributed by atoms with Gasteiger partial charge in [0.05, 0.1) is 11.6 Å². The van der Waals surface area contributed by atoms with Crippen molar-refractivity contribution >= 4 is 17.5 Å². The number of nitrogens with zero attached hydrogens (tertiary/aromatic N) is 1. The average Bonchev–Trinajstić information content (AvgIpc) is 3.36. The summed E-state index contributed by atoms with van der Waals surface area (Å²) >= 11 is 0. The SMILES string of the molecule is CCCCCCCC1=NO[C@]2(C(=O)CO)[C@H]1CC1C3CC[C@H]4C[C@@H](OC(C)=O)CC[C@]4(C)C3CC[C@@]12C. The van der Waals surface area contributed by atoms with Gasteiger partial charge >= 0.3 is 5.97 Å². The summed E-state index contributed by atoms with van der Waals surface area (Å²) in [6.07, 6.45) is 15.5. The summed E-state index contributed by atoms with van der Waals surface area (Å²) in [5, 5.41) is 14.7. The van der Waals surface area contributed by atoms with Crippen LogP contribution in [0.4, 0.5) is 0 Å². The molecule has 6 heteroatoms. The van der Waals surface area contributed by atoms with Crippen LogP contribution in [0.2, 0.25) is 0 Å². The van der Waals surface area contributed by atoms with Crippen LogP contribution in [0.25, 0.3) is 0 Å². The molecular weight excluding hydrogens is 466 g/mol. The molecule has 0 aromatic rings. The monoisotopic (exact) mass is 515 g/mol. The lowest BCUT2D eigenvalue weighted by molar-refractivity contribution is -0.188. The second-order valence-electron chi connectivity index (χ2n) is 13.6. The Morgan fingerprint density at radius 2 is 1.81 bits per heavy atom. The van der Waals surface area contributed by atoms with Gasteiger partial charge in [-0.25, -0.2) is 0 Å². The van der Waals surface area contributed by atoms with Gasteiger partial charge in [-0.1, -0.05) is 51.6 Å². The molecule has 3 unspecified atom stereocenters. The van der Waals surface area contributed by atoms with E-state index in [0.717, 1.165) is 57.1 Å². The van der Waals surface area contributed by atoms with Crippen molar-refractivity contribution in [3.05, 3.63) is 0 Å². The number of esters is 1. The number of ether oxygens (including phenoxy) is 1. The summed E-state index contributed by atoms with van der Waals surface area (Å²) in [6, 6.07) is 0. The molecule has 0 saturated heterocycles. The lowest BCUT2D eigenvalue weighted by Gasteiger charge is -2.61. The van der Waals surface area contributed by atoms with Gasteiger partial charge in [0.2, 0.25) is 11.4 Å². The molecule has 4 fully saturated rings. The third kappa shape index (κ3) is 4.19. The molecule has 208 valence electrons. The van der Waals surface area contributed by atoms with Crippen LogP contribution in [0.15, 0.2) is 5.16 Å². The van der Waals surface area contributed by atoms with Crippen LogP contribution in [-0.4, -0.2) is 40.9 Å². The number of rotatable bonds is 9. The van der Waals surface area contributed by atoms with Crippen LogP contribution >= 0.6 is 0 Å². The smallest absolute Gasteiger partial charge is 0.302 e. The molecule has 0 radical (unpaired) electrons. The molecule has 4 saturated carbocycles. The van der Waals surface area contributed by atoms with Crippen LogP contribution in [0, 0.1) is 40.4 Å². The Hall–Kier alpha value is -1.43. The van der Waals surface area contributed by atoms with E-state index < -0.39 is 12.2 Å². The molecule has 1 aliphatic heterocycles. The van der Waals surface area contributed by atoms with Crippen molar-refractivity contribution in [1.29, 1.82) is 0 Å². The normalized spacial score (nSPS) is 44.1. The predicted octanol–water partition coefficient (Wildman–Crippen LogP) is 6.23. The first-order valence-corrected chi connectivity index (χ1v) is 15.3. The molecule has 9 atom stereocenters. The van der Waals surface area contributed by atoms with Gasteiger partial charge in [0.25, 0.3) is 0 Å². The fraction of sp³-hybridized carbons (Fsp3) is 0.903. The Balaban J connectivity index is 1.36. The zero-order valence-corrected chi connectivity index (χ0v) is 23.6. The summed E-state index contributed by atoms with van der Waals surface area (Å²) in [5.41, 5.74) is 0.0711.